The molecule has 1 aromatic carbocycles. The third-order valence-electron chi connectivity index (χ3n) is 4.12. The molecular formula is C22H22F4N4O3S. The summed E-state index contributed by atoms with van der Waals surface area (Å²) < 4.78 is 78.0. The van der Waals surface area contributed by atoms with Gasteiger partial charge in [0.2, 0.25) is 15.9 Å². The largest absolute Gasteiger partial charge is 0.433 e. The summed E-state index contributed by atoms with van der Waals surface area (Å²) in [7, 11) is -3.76. The Kier molecular flexibility index (Phi) is 8.28. The topological polar surface area (TPSA) is 100 Å². The molecule has 182 valence electrons. The number of nitrogens with one attached hydrogen (secondary N) is 3. The van der Waals surface area contributed by atoms with E-state index in [1.165, 1.54) is 18.2 Å². The van der Waals surface area contributed by atoms with Crippen LogP contribution in [0.2, 0.25) is 0 Å². The van der Waals surface area contributed by atoms with Crippen LogP contribution < -0.4 is 15.4 Å². The molecule has 0 radical (unpaired) electrons. The molecule has 2 rings (SSSR count). The molecule has 0 spiro atoms. The van der Waals surface area contributed by atoms with Crippen LogP contribution in [0.4, 0.5) is 29.1 Å². The van der Waals surface area contributed by atoms with Crippen molar-refractivity contribution < 1.29 is 30.8 Å². The first-order chi connectivity index (χ1) is 15.7. The maximum absolute atomic E-state index is 14.3. The fraction of sp³-hybridized carbons (Fsp3) is 0.273. The normalized spacial score (nSPS) is 12.0. The van der Waals surface area contributed by atoms with Crippen LogP contribution in [-0.4, -0.2) is 31.6 Å². The van der Waals surface area contributed by atoms with E-state index in [0.29, 0.717) is 0 Å². The van der Waals surface area contributed by atoms with Gasteiger partial charge in [0.05, 0.1) is 17.5 Å². The molecule has 0 aliphatic heterocycles. The monoisotopic (exact) mass is 498 g/mol. The average molecular weight is 499 g/mol. The van der Waals surface area contributed by atoms with Gasteiger partial charge in [-0.2, -0.15) is 13.2 Å². The summed E-state index contributed by atoms with van der Waals surface area (Å²) in [6.07, 6.45) is 3.94. The van der Waals surface area contributed by atoms with Gasteiger partial charge in [-0.15, -0.1) is 6.42 Å². The lowest BCUT2D eigenvalue weighted by Crippen LogP contribution is -2.21. The SMILES string of the molecule is C#Cc1cc(CNC(=O)/C=C\c2ccc(C(F)(F)F)nc2NC(C)C)cc(F)c1NS(C)(=O)=O. The molecule has 0 bridgehead atoms. The Bertz CT molecular complexity index is 1250. The zero-order valence-electron chi connectivity index (χ0n) is 18.4. The predicted octanol–water partition coefficient (Wildman–Crippen LogP) is 3.74. The average Bonchev–Trinajstić information content (AvgIpc) is 2.70. The third kappa shape index (κ3) is 7.77. The van der Waals surface area contributed by atoms with Crippen LogP contribution in [-0.2, 0) is 27.5 Å². The van der Waals surface area contributed by atoms with Gasteiger partial charge in [-0.1, -0.05) is 5.92 Å². The second-order valence-electron chi connectivity index (χ2n) is 7.50. The number of pyridine rings is 1. The van der Waals surface area contributed by atoms with Crippen molar-refractivity contribution in [3.63, 3.8) is 0 Å². The lowest BCUT2D eigenvalue weighted by atomic mass is 10.1. The van der Waals surface area contributed by atoms with Crippen LogP contribution in [0.1, 0.15) is 36.2 Å². The van der Waals surface area contributed by atoms with Crippen molar-refractivity contribution in [2.45, 2.75) is 32.6 Å². The number of terminal acetylenes is 1. The lowest BCUT2D eigenvalue weighted by Gasteiger charge is -2.14. The van der Waals surface area contributed by atoms with Crippen molar-refractivity contribution >= 4 is 33.5 Å². The quantitative estimate of drug-likeness (QED) is 0.293. The van der Waals surface area contributed by atoms with E-state index in [4.69, 9.17) is 6.42 Å². The van der Waals surface area contributed by atoms with Gasteiger partial charge >= 0.3 is 6.18 Å². The molecule has 0 fully saturated rings. The van der Waals surface area contributed by atoms with E-state index in [2.05, 4.69) is 21.5 Å². The van der Waals surface area contributed by atoms with E-state index in [9.17, 15) is 30.8 Å². The summed E-state index contributed by atoms with van der Waals surface area (Å²) >= 11 is 0. The molecule has 34 heavy (non-hydrogen) atoms. The molecule has 0 saturated heterocycles. The minimum Gasteiger partial charge on any atom is -0.367 e. The zero-order chi connectivity index (χ0) is 25.7. The number of amides is 1. The first-order valence-corrected chi connectivity index (χ1v) is 11.7. The summed E-state index contributed by atoms with van der Waals surface area (Å²) in [5.74, 6) is 0.614. The number of nitrogens with zero attached hydrogens (tertiary/aromatic N) is 1. The Labute approximate surface area is 194 Å². The number of sulfonamides is 1. The number of hydrogen-bond acceptors (Lipinski definition) is 5. The number of hydrogen-bond donors (Lipinski definition) is 3. The number of alkyl halides is 3. The maximum atomic E-state index is 14.3. The number of carbonyl (C=O) groups is 1. The minimum absolute atomic E-state index is 0.0384. The van der Waals surface area contributed by atoms with Crippen molar-refractivity contribution in [1.82, 2.24) is 10.3 Å². The van der Waals surface area contributed by atoms with Gasteiger partial charge in [-0.25, -0.2) is 17.8 Å². The summed E-state index contributed by atoms with van der Waals surface area (Å²) in [5.41, 5.74) is -0.971. The highest BCUT2D eigenvalue weighted by Crippen LogP contribution is 2.30. The van der Waals surface area contributed by atoms with Gasteiger partial charge in [-0.05, 0) is 49.8 Å². The second-order valence-corrected chi connectivity index (χ2v) is 9.25. The summed E-state index contributed by atoms with van der Waals surface area (Å²) in [5, 5.41) is 5.30. The highest BCUT2D eigenvalue weighted by Gasteiger charge is 2.33. The van der Waals surface area contributed by atoms with Crippen molar-refractivity contribution in [3.8, 4) is 12.3 Å². The number of anilines is 2. The molecule has 12 heteroatoms. The number of carbonyl (C=O) groups excluding carboxylic acids is 1. The van der Waals surface area contributed by atoms with E-state index in [-0.39, 0.29) is 40.8 Å². The van der Waals surface area contributed by atoms with E-state index in [0.717, 1.165) is 24.5 Å². The molecule has 1 aromatic heterocycles. The maximum Gasteiger partial charge on any atom is 0.433 e. The molecule has 0 unspecified atom stereocenters. The summed E-state index contributed by atoms with van der Waals surface area (Å²) in [6, 6.07) is 4.14. The van der Waals surface area contributed by atoms with Crippen LogP contribution in [0.5, 0.6) is 0 Å². The van der Waals surface area contributed by atoms with Crippen LogP contribution in [0, 0.1) is 18.2 Å². The van der Waals surface area contributed by atoms with Gasteiger partial charge in [0.1, 0.15) is 17.3 Å². The van der Waals surface area contributed by atoms with E-state index in [1.807, 2.05) is 4.72 Å². The molecule has 0 aliphatic carbocycles. The molecule has 0 aliphatic rings. The Balaban J connectivity index is 2.17. The summed E-state index contributed by atoms with van der Waals surface area (Å²) in [4.78, 5) is 15.8. The van der Waals surface area contributed by atoms with Gasteiger partial charge in [0.25, 0.3) is 0 Å². The fourth-order valence-corrected chi connectivity index (χ4v) is 3.31. The predicted molar refractivity (Wildman–Crippen MR) is 122 cm³/mol. The molecule has 0 atom stereocenters. The van der Waals surface area contributed by atoms with E-state index < -0.39 is 33.6 Å². The molecule has 7 nitrogen and oxygen atoms in total. The van der Waals surface area contributed by atoms with Crippen LogP contribution >= 0.6 is 0 Å². The van der Waals surface area contributed by atoms with Gasteiger partial charge in [0.15, 0.2) is 0 Å². The molecule has 3 N–H and O–H groups in total. The van der Waals surface area contributed by atoms with Crippen LogP contribution in [0.25, 0.3) is 6.08 Å². The Morgan fingerprint density at radius 2 is 1.94 bits per heavy atom. The zero-order valence-corrected chi connectivity index (χ0v) is 19.2. The summed E-state index contributed by atoms with van der Waals surface area (Å²) in [6.45, 7) is 3.31. The van der Waals surface area contributed by atoms with Crippen molar-refractivity contribution in [2.24, 2.45) is 0 Å². The highest BCUT2D eigenvalue weighted by atomic mass is 32.2. The number of aromatic nitrogens is 1. The Morgan fingerprint density at radius 1 is 1.26 bits per heavy atom. The van der Waals surface area contributed by atoms with Crippen molar-refractivity contribution in [2.75, 3.05) is 16.3 Å². The molecule has 2 aromatic rings. The van der Waals surface area contributed by atoms with Gasteiger partial charge < -0.3 is 10.6 Å². The first-order valence-electron chi connectivity index (χ1n) is 9.77. The fourth-order valence-electron chi connectivity index (χ4n) is 2.73. The number of halogens is 4. The molecular weight excluding hydrogens is 476 g/mol. The Hall–Kier alpha value is -3.59. The highest BCUT2D eigenvalue weighted by molar-refractivity contribution is 7.92. The van der Waals surface area contributed by atoms with Crippen LogP contribution in [0.15, 0.2) is 30.3 Å². The van der Waals surface area contributed by atoms with Crippen LogP contribution in [0.3, 0.4) is 0 Å². The van der Waals surface area contributed by atoms with Gasteiger partial charge in [-0.3, -0.25) is 9.52 Å². The smallest absolute Gasteiger partial charge is 0.367 e. The van der Waals surface area contributed by atoms with E-state index in [1.54, 1.807) is 13.8 Å². The molecule has 0 saturated carbocycles. The number of benzene rings is 1. The minimum atomic E-state index is -4.62. The van der Waals surface area contributed by atoms with Crippen molar-refractivity contribution in [1.29, 1.82) is 0 Å². The van der Waals surface area contributed by atoms with E-state index >= 15 is 0 Å². The third-order valence-corrected chi connectivity index (χ3v) is 4.69. The molecule has 1 amide bonds. The second kappa shape index (κ2) is 10.6. The van der Waals surface area contributed by atoms with Crippen molar-refractivity contribution in [3.05, 3.63) is 58.5 Å². The standard InChI is InChI=1S/C22H22F4N4O3S/c1-5-15-10-14(11-17(23)20(15)30-34(4,32)33)12-27-19(31)9-7-16-6-8-18(22(24,25)26)29-21(16)28-13(2)3/h1,6-11,13,30H,12H2,2-4H3,(H,27,31)(H,28,29)/b9-7-. The Morgan fingerprint density at radius 3 is 2.50 bits per heavy atom. The lowest BCUT2D eigenvalue weighted by molar-refractivity contribution is -0.141. The first kappa shape index (κ1) is 26.7. The molecule has 1 heterocycles. The number of rotatable bonds is 8. The van der Waals surface area contributed by atoms with Gasteiger partial charge in [0, 0.05) is 24.2 Å².